The minimum atomic E-state index is -0.510. The lowest BCUT2D eigenvalue weighted by molar-refractivity contribution is -0.140. The second kappa shape index (κ2) is 10.6. The van der Waals surface area contributed by atoms with Crippen LogP contribution >= 0.6 is 0 Å². The van der Waals surface area contributed by atoms with Gasteiger partial charge in [0.05, 0.1) is 0 Å². The molecule has 0 aliphatic carbocycles. The Hall–Kier alpha value is -5.42. The molecule has 0 saturated carbocycles. The van der Waals surface area contributed by atoms with E-state index < -0.39 is 11.9 Å². The second-order valence-corrected chi connectivity index (χ2v) is 9.95. The maximum atomic E-state index is 11.9. The smallest absolute Gasteiger partial charge is 0.335 e. The van der Waals surface area contributed by atoms with Crippen LogP contribution in [-0.4, -0.2) is 11.9 Å². The standard InChI is InChI=1S/C36H27NO4/c1-4-33(38)41-32-18-16-30(17-19-32)37(29-14-8-24(9-15-29)22-40-36(39)23(2)3)31-20-27-12-10-25-6-5-7-26-11-13-28(21-31)35(27)34(25)26/h4-21H,1-2,22H2,3H3. The minimum Gasteiger partial charge on any atom is -0.457 e. The van der Waals surface area contributed by atoms with Gasteiger partial charge in [0.15, 0.2) is 0 Å². The van der Waals surface area contributed by atoms with Gasteiger partial charge in [0.2, 0.25) is 0 Å². The average Bonchev–Trinajstić information content (AvgIpc) is 3.00. The summed E-state index contributed by atoms with van der Waals surface area (Å²) in [6, 6.07) is 34.7. The number of hydrogen-bond donors (Lipinski definition) is 0. The lowest BCUT2D eigenvalue weighted by Gasteiger charge is -2.27. The second-order valence-electron chi connectivity index (χ2n) is 9.95. The molecule has 0 bridgehead atoms. The van der Waals surface area contributed by atoms with E-state index in [9.17, 15) is 9.59 Å². The van der Waals surface area contributed by atoms with E-state index in [0.29, 0.717) is 11.3 Å². The third-order valence-electron chi connectivity index (χ3n) is 7.10. The van der Waals surface area contributed by atoms with Crippen LogP contribution in [0.3, 0.4) is 0 Å². The van der Waals surface area contributed by atoms with E-state index in [2.05, 4.69) is 72.7 Å². The Balaban J connectivity index is 1.44. The monoisotopic (exact) mass is 537 g/mol. The molecule has 0 aromatic heterocycles. The molecular weight excluding hydrogens is 510 g/mol. The summed E-state index contributed by atoms with van der Waals surface area (Å²) in [6.07, 6.45) is 1.14. The molecule has 0 atom stereocenters. The highest BCUT2D eigenvalue weighted by molar-refractivity contribution is 6.23. The summed E-state index contributed by atoms with van der Waals surface area (Å²) in [7, 11) is 0. The van der Waals surface area contributed by atoms with Crippen LogP contribution in [0.15, 0.2) is 128 Å². The molecule has 6 aromatic carbocycles. The largest absolute Gasteiger partial charge is 0.457 e. The van der Waals surface area contributed by atoms with Crippen molar-refractivity contribution in [1.29, 1.82) is 0 Å². The molecule has 6 aromatic rings. The maximum Gasteiger partial charge on any atom is 0.335 e. The van der Waals surface area contributed by atoms with Crippen LogP contribution in [0, 0.1) is 0 Å². The average molecular weight is 538 g/mol. The highest BCUT2D eigenvalue weighted by Crippen LogP contribution is 2.41. The van der Waals surface area contributed by atoms with Gasteiger partial charge in [0.1, 0.15) is 12.4 Å². The van der Waals surface area contributed by atoms with Crippen LogP contribution in [0.25, 0.3) is 32.3 Å². The Labute approximate surface area is 237 Å². The van der Waals surface area contributed by atoms with E-state index >= 15 is 0 Å². The number of rotatable bonds is 8. The summed E-state index contributed by atoms with van der Waals surface area (Å²) in [4.78, 5) is 25.7. The third-order valence-corrected chi connectivity index (χ3v) is 7.10. The van der Waals surface area contributed by atoms with Crippen LogP contribution in [-0.2, 0) is 20.9 Å². The van der Waals surface area contributed by atoms with Crippen molar-refractivity contribution in [1.82, 2.24) is 0 Å². The highest BCUT2D eigenvalue weighted by Gasteiger charge is 2.17. The fraction of sp³-hybridized carbons (Fsp3) is 0.0556. The molecule has 5 nitrogen and oxygen atoms in total. The molecule has 5 heteroatoms. The van der Waals surface area contributed by atoms with Crippen LogP contribution in [0.4, 0.5) is 17.1 Å². The van der Waals surface area contributed by atoms with Crippen molar-refractivity contribution in [3.63, 3.8) is 0 Å². The zero-order chi connectivity index (χ0) is 28.5. The lowest BCUT2D eigenvalue weighted by atomic mass is 9.93. The van der Waals surface area contributed by atoms with Crippen molar-refractivity contribution < 1.29 is 19.1 Å². The molecule has 0 aliphatic rings. The van der Waals surface area contributed by atoms with Gasteiger partial charge in [-0.25, -0.2) is 9.59 Å². The van der Waals surface area contributed by atoms with Gasteiger partial charge in [-0.2, -0.15) is 0 Å². The van der Waals surface area contributed by atoms with Crippen LogP contribution in [0.5, 0.6) is 5.75 Å². The Morgan fingerprint density at radius 2 is 1.27 bits per heavy atom. The first kappa shape index (κ1) is 25.8. The molecule has 200 valence electrons. The zero-order valence-corrected chi connectivity index (χ0v) is 22.6. The molecule has 0 fully saturated rings. The maximum absolute atomic E-state index is 11.9. The Morgan fingerprint density at radius 1 is 0.732 bits per heavy atom. The van der Waals surface area contributed by atoms with Gasteiger partial charge in [-0.1, -0.05) is 67.8 Å². The summed E-state index contributed by atoms with van der Waals surface area (Å²) in [5.41, 5.74) is 4.02. The third kappa shape index (κ3) is 5.01. The van der Waals surface area contributed by atoms with Crippen LogP contribution in [0.1, 0.15) is 12.5 Å². The predicted molar refractivity (Wildman–Crippen MR) is 165 cm³/mol. The molecule has 0 radical (unpaired) electrons. The molecule has 0 unspecified atom stereocenters. The number of carbonyl (C=O) groups is 2. The number of benzene rings is 6. The first-order valence-electron chi connectivity index (χ1n) is 13.2. The fourth-order valence-electron chi connectivity index (χ4n) is 5.15. The number of anilines is 3. The summed E-state index contributed by atoms with van der Waals surface area (Å²) >= 11 is 0. The zero-order valence-electron chi connectivity index (χ0n) is 22.6. The van der Waals surface area contributed by atoms with Gasteiger partial charge in [-0.05, 0) is 93.3 Å². The van der Waals surface area contributed by atoms with Gasteiger partial charge in [0, 0.05) is 28.7 Å². The Kier molecular flexibility index (Phi) is 6.70. The quantitative estimate of drug-likeness (QED) is 0.0841. The Morgan fingerprint density at radius 3 is 1.83 bits per heavy atom. The van der Waals surface area contributed by atoms with Crippen molar-refractivity contribution in [3.8, 4) is 5.75 Å². The number of hydrogen-bond acceptors (Lipinski definition) is 5. The molecule has 0 aliphatic heterocycles. The van der Waals surface area contributed by atoms with Gasteiger partial charge in [0.25, 0.3) is 0 Å². The molecule has 41 heavy (non-hydrogen) atoms. The highest BCUT2D eigenvalue weighted by atomic mass is 16.5. The number of carbonyl (C=O) groups excluding carboxylic acids is 2. The molecule has 0 N–H and O–H groups in total. The SMILES string of the molecule is C=CC(=O)Oc1ccc(N(c2ccc(COC(=O)C(=C)C)cc2)c2cc3ccc4cccc5ccc(c2)c3c45)cc1. The first-order valence-corrected chi connectivity index (χ1v) is 13.2. The van der Waals surface area contributed by atoms with Crippen molar-refractivity contribution >= 4 is 61.3 Å². The molecule has 0 amide bonds. The molecule has 0 spiro atoms. The molecule has 0 heterocycles. The number of ether oxygens (including phenoxy) is 2. The molecule has 0 saturated heterocycles. The topological polar surface area (TPSA) is 55.8 Å². The predicted octanol–water partition coefficient (Wildman–Crippen LogP) is 8.76. The van der Waals surface area contributed by atoms with Crippen molar-refractivity contribution in [2.75, 3.05) is 4.90 Å². The normalized spacial score (nSPS) is 11.0. The fourth-order valence-corrected chi connectivity index (χ4v) is 5.15. The molecule has 6 rings (SSSR count). The van der Waals surface area contributed by atoms with Gasteiger partial charge >= 0.3 is 11.9 Å². The molecular formula is C36H27NO4. The summed E-state index contributed by atoms with van der Waals surface area (Å²) in [5, 5.41) is 7.24. The van der Waals surface area contributed by atoms with Gasteiger partial charge < -0.3 is 14.4 Å². The van der Waals surface area contributed by atoms with E-state index in [-0.39, 0.29) is 6.61 Å². The van der Waals surface area contributed by atoms with E-state index in [1.165, 1.54) is 21.5 Å². The van der Waals surface area contributed by atoms with Crippen molar-refractivity contribution in [2.24, 2.45) is 0 Å². The van der Waals surface area contributed by atoms with Crippen molar-refractivity contribution in [3.05, 3.63) is 133 Å². The summed E-state index contributed by atoms with van der Waals surface area (Å²) in [6.45, 7) is 8.89. The first-order chi connectivity index (χ1) is 19.9. The van der Waals surface area contributed by atoms with E-state index in [1.807, 2.05) is 36.4 Å². The van der Waals surface area contributed by atoms with E-state index in [4.69, 9.17) is 9.47 Å². The van der Waals surface area contributed by atoms with Gasteiger partial charge in [-0.3, -0.25) is 0 Å². The van der Waals surface area contributed by atoms with Crippen LogP contribution in [0.2, 0.25) is 0 Å². The van der Waals surface area contributed by atoms with E-state index in [1.54, 1.807) is 19.1 Å². The lowest BCUT2D eigenvalue weighted by Crippen LogP contribution is -2.11. The van der Waals surface area contributed by atoms with Crippen LogP contribution < -0.4 is 9.64 Å². The summed E-state index contributed by atoms with van der Waals surface area (Å²) < 4.78 is 10.6. The minimum absolute atomic E-state index is 0.162. The summed E-state index contributed by atoms with van der Waals surface area (Å²) in [5.74, 6) is -0.491. The number of nitrogens with zero attached hydrogens (tertiary/aromatic N) is 1. The van der Waals surface area contributed by atoms with E-state index in [0.717, 1.165) is 39.5 Å². The Bertz CT molecular complexity index is 1870. The number of esters is 2. The van der Waals surface area contributed by atoms with Gasteiger partial charge in [-0.15, -0.1) is 0 Å². The van der Waals surface area contributed by atoms with Crippen molar-refractivity contribution in [2.45, 2.75) is 13.5 Å².